The molecule has 0 saturated heterocycles. The molecule has 4 heteroatoms. The van der Waals surface area contributed by atoms with E-state index >= 15 is 0 Å². The predicted molar refractivity (Wildman–Crippen MR) is 83.4 cm³/mol. The molecular formula is C18H16O4. The lowest BCUT2D eigenvalue weighted by Crippen LogP contribution is -2.41. The Morgan fingerprint density at radius 1 is 0.773 bits per heavy atom. The summed E-state index contributed by atoms with van der Waals surface area (Å²) in [6.45, 7) is 0. The summed E-state index contributed by atoms with van der Waals surface area (Å²) in [4.78, 5) is 0. The van der Waals surface area contributed by atoms with Crippen molar-refractivity contribution in [3.8, 4) is 0 Å². The summed E-state index contributed by atoms with van der Waals surface area (Å²) >= 11 is 0. The topological polar surface area (TPSA) is 80.9 Å². The maximum atomic E-state index is 10.5. The molecule has 0 heterocycles. The highest BCUT2D eigenvalue weighted by atomic mass is 16.4. The molecule has 0 radical (unpaired) electrons. The maximum Gasteiger partial charge on any atom is 0.113 e. The van der Waals surface area contributed by atoms with Crippen LogP contribution in [0.2, 0.25) is 0 Å². The van der Waals surface area contributed by atoms with Crippen molar-refractivity contribution in [3.05, 3.63) is 59.5 Å². The van der Waals surface area contributed by atoms with E-state index in [1.165, 1.54) is 0 Å². The summed E-state index contributed by atoms with van der Waals surface area (Å²) in [6, 6.07) is -5.18. The number of hydrogen-bond donors (Lipinski definition) is 4. The lowest BCUT2D eigenvalue weighted by atomic mass is 9.81. The average Bonchev–Trinajstić information content (AvgIpc) is 2.71. The normalized spacial score (nSPS) is 37.1. The molecule has 22 heavy (non-hydrogen) atoms. The van der Waals surface area contributed by atoms with Crippen molar-refractivity contribution in [3.63, 3.8) is 0 Å². The van der Waals surface area contributed by atoms with E-state index in [0.717, 1.165) is 0 Å². The van der Waals surface area contributed by atoms with Crippen LogP contribution in [0.1, 0.15) is 35.7 Å². The zero-order valence-electron chi connectivity index (χ0n) is 20.0. The molecule has 4 atom stereocenters. The second-order valence-electron chi connectivity index (χ2n) is 5.04. The highest BCUT2D eigenvalue weighted by Crippen LogP contribution is 2.40. The first-order valence-electron chi connectivity index (χ1n) is 11.0. The third-order valence-electron chi connectivity index (χ3n) is 3.76. The lowest BCUT2D eigenvalue weighted by Gasteiger charge is -2.34. The highest BCUT2D eigenvalue weighted by Gasteiger charge is 2.39. The Hall–Kier alpha value is -1.98. The number of aliphatic hydroxyl groups excluding tert-OH is 3. The van der Waals surface area contributed by atoms with E-state index in [0.29, 0.717) is 0 Å². The fourth-order valence-electron chi connectivity index (χ4n) is 2.61. The monoisotopic (exact) mass is 305 g/mol. The van der Waals surface area contributed by atoms with Crippen molar-refractivity contribution < 1.29 is 32.8 Å². The summed E-state index contributed by atoms with van der Waals surface area (Å²) in [7, 11) is 0. The summed E-state index contributed by atoms with van der Waals surface area (Å²) in [5.41, 5.74) is -1.07. The van der Waals surface area contributed by atoms with Gasteiger partial charge in [0.05, 0.1) is 12.3 Å². The van der Waals surface area contributed by atoms with E-state index < -0.39 is 83.9 Å². The second-order valence-corrected chi connectivity index (χ2v) is 5.04. The third kappa shape index (κ3) is 1.79. The Balaban J connectivity index is 2.38. The quantitative estimate of drug-likeness (QED) is 0.477. The number of benzene rings is 3. The molecule has 112 valence electrons. The molecule has 3 aromatic rings. The highest BCUT2D eigenvalue weighted by molar-refractivity contribution is 6.07. The molecule has 0 bridgehead atoms. The molecule has 0 spiro atoms. The molecule has 1 aliphatic rings. The first-order valence-corrected chi connectivity index (χ1v) is 6.49. The summed E-state index contributed by atoms with van der Waals surface area (Å²) in [5, 5.41) is 39.8. The smallest absolute Gasteiger partial charge is 0.113 e. The maximum absolute atomic E-state index is 10.5. The fourth-order valence-corrected chi connectivity index (χ4v) is 2.61. The Morgan fingerprint density at radius 3 is 2.27 bits per heavy atom. The Kier molecular flexibility index (Phi) is 1.53. The van der Waals surface area contributed by atoms with Gasteiger partial charge in [-0.25, -0.2) is 0 Å². The van der Waals surface area contributed by atoms with Crippen molar-refractivity contribution in [1.29, 1.82) is 0 Å². The Morgan fingerprint density at radius 2 is 1.45 bits per heavy atom. The van der Waals surface area contributed by atoms with Crippen LogP contribution in [-0.2, 0) is 0 Å². The fraction of sp³-hybridized carbons (Fsp3) is 0.222. The van der Waals surface area contributed by atoms with Crippen molar-refractivity contribution >= 4 is 21.5 Å². The van der Waals surface area contributed by atoms with Gasteiger partial charge in [0.1, 0.15) is 24.4 Å². The van der Waals surface area contributed by atoms with Gasteiger partial charge in [0, 0.05) is 0 Å². The van der Waals surface area contributed by atoms with E-state index in [-0.39, 0.29) is 21.5 Å². The number of rotatable bonds is 0. The van der Waals surface area contributed by atoms with Crippen LogP contribution < -0.4 is 0 Å². The first kappa shape index (κ1) is 7.06. The molecule has 4 N–H and O–H groups in total. The zero-order valence-corrected chi connectivity index (χ0v) is 11.0. The van der Waals surface area contributed by atoms with E-state index in [4.69, 9.17) is 12.3 Å². The second kappa shape index (κ2) is 4.76. The molecule has 3 aromatic carbocycles. The number of hydrogen-bond acceptors (Lipinski definition) is 4. The molecule has 1 aliphatic carbocycles. The Bertz CT molecular complexity index is 1310. The average molecular weight is 305 g/mol. The van der Waals surface area contributed by atoms with Gasteiger partial charge in [-0.05, 0) is 44.8 Å². The van der Waals surface area contributed by atoms with Crippen LogP contribution in [0, 0.1) is 0 Å². The lowest BCUT2D eigenvalue weighted by molar-refractivity contribution is -0.120. The first-order chi connectivity index (χ1) is 14.3. The minimum absolute atomic E-state index is 0.329. The van der Waals surface area contributed by atoms with Crippen LogP contribution in [0.25, 0.3) is 21.5 Å². The van der Waals surface area contributed by atoms with Crippen molar-refractivity contribution in [1.82, 2.24) is 0 Å². The van der Waals surface area contributed by atoms with Crippen LogP contribution in [-0.4, -0.2) is 32.6 Å². The minimum Gasteiger partial charge on any atom is -0.387 e. The molecule has 4 rings (SSSR count). The van der Waals surface area contributed by atoms with Crippen LogP contribution in [0.3, 0.4) is 0 Å². The van der Waals surface area contributed by atoms with Gasteiger partial charge in [0.15, 0.2) is 0 Å². The molecule has 0 saturated carbocycles. The van der Waals surface area contributed by atoms with Crippen LogP contribution >= 0.6 is 0 Å². The summed E-state index contributed by atoms with van der Waals surface area (Å²) in [5.74, 6) is 0. The molecule has 0 fully saturated rings. The van der Waals surface area contributed by atoms with Crippen LogP contribution in [0.15, 0.2) is 48.3 Å². The van der Waals surface area contributed by atoms with Gasteiger partial charge in [-0.15, -0.1) is 0 Å². The molecule has 0 unspecified atom stereocenters. The van der Waals surface area contributed by atoms with E-state index in [1.54, 1.807) is 0 Å². The van der Waals surface area contributed by atoms with Crippen molar-refractivity contribution in [2.24, 2.45) is 0 Å². The standard InChI is InChI=1S/C18H16O4/c19-15-13-7-10-6-5-9-3-1-2-4-11(9)12(10)8-14(13)16(20)18(22)17(15)21/h1-8,15-22H/t15-,16+,17-,18-/m1/s1/i1D,2D,3D,4D,5D,6D,7D,8D,18D. The minimum atomic E-state index is -3.03. The van der Waals surface area contributed by atoms with Crippen molar-refractivity contribution in [2.45, 2.75) is 24.4 Å². The Labute approximate surface area is 139 Å². The van der Waals surface area contributed by atoms with Gasteiger partial charge in [-0.2, -0.15) is 0 Å². The third-order valence-corrected chi connectivity index (χ3v) is 3.76. The number of fused-ring (bicyclic) bond motifs is 4. The summed E-state index contributed by atoms with van der Waals surface area (Å²) in [6.07, 6.45) is -9.57. The van der Waals surface area contributed by atoms with Crippen LogP contribution in [0.4, 0.5) is 0 Å². The van der Waals surface area contributed by atoms with Gasteiger partial charge in [0.25, 0.3) is 0 Å². The molecule has 0 aliphatic heterocycles. The molecule has 0 aromatic heterocycles. The SMILES string of the molecule is [2H]c1c([2H])c([2H])c2c(c1[2H])c([2H])c([2H])c1c([2H])c3c(c([2H])c12)[C@H](O)[C@@]([2H])(O)[C@H](O)[C@@H]3O. The molecular weight excluding hydrogens is 280 g/mol. The molecule has 0 amide bonds. The molecule has 4 nitrogen and oxygen atoms in total. The van der Waals surface area contributed by atoms with E-state index in [1.807, 2.05) is 0 Å². The van der Waals surface area contributed by atoms with Gasteiger partial charge in [0.2, 0.25) is 0 Å². The summed E-state index contributed by atoms with van der Waals surface area (Å²) < 4.78 is 73.6. The van der Waals surface area contributed by atoms with E-state index in [9.17, 15) is 20.4 Å². The van der Waals surface area contributed by atoms with E-state index in [2.05, 4.69) is 0 Å². The largest absolute Gasteiger partial charge is 0.387 e. The van der Waals surface area contributed by atoms with Crippen LogP contribution in [0.5, 0.6) is 0 Å². The predicted octanol–water partition coefficient (Wildman–Crippen LogP) is 1.80. The number of aliphatic hydroxyl groups is 4. The van der Waals surface area contributed by atoms with Gasteiger partial charge in [-0.1, -0.05) is 36.3 Å². The van der Waals surface area contributed by atoms with Gasteiger partial charge in [-0.3, -0.25) is 0 Å². The zero-order chi connectivity index (χ0) is 23.3. The van der Waals surface area contributed by atoms with Gasteiger partial charge < -0.3 is 20.4 Å². The van der Waals surface area contributed by atoms with Gasteiger partial charge >= 0.3 is 0 Å². The van der Waals surface area contributed by atoms with Crippen molar-refractivity contribution in [2.75, 3.05) is 0 Å².